The molecule has 1 amide bonds. The zero-order valence-corrected chi connectivity index (χ0v) is 9.24. The quantitative estimate of drug-likeness (QED) is 0.684. The highest BCUT2D eigenvalue weighted by molar-refractivity contribution is 8.13. The van der Waals surface area contributed by atoms with Crippen molar-refractivity contribution >= 4 is 17.0 Å². The number of thioether (sulfide) groups is 1. The van der Waals surface area contributed by atoms with Gasteiger partial charge in [-0.2, -0.15) is 0 Å². The van der Waals surface area contributed by atoms with Crippen LogP contribution < -0.4 is 0 Å². The van der Waals surface area contributed by atoms with Crippen molar-refractivity contribution in [3.05, 3.63) is 0 Å². The van der Waals surface area contributed by atoms with E-state index in [1.807, 2.05) is 4.90 Å². The maximum absolute atomic E-state index is 11.6. The van der Waals surface area contributed by atoms with Crippen LogP contribution in [0, 0.1) is 0 Å². The number of hydrogen-bond donors (Lipinski definition) is 0. The van der Waals surface area contributed by atoms with Crippen molar-refractivity contribution in [2.45, 2.75) is 39.0 Å². The smallest absolute Gasteiger partial charge is 0.281 e. The lowest BCUT2D eigenvalue weighted by molar-refractivity contribution is 0.225. The van der Waals surface area contributed by atoms with Gasteiger partial charge in [0.1, 0.15) is 0 Å². The lowest BCUT2D eigenvalue weighted by atomic mass is 10.2. The van der Waals surface area contributed by atoms with Gasteiger partial charge in [-0.15, -0.1) is 0 Å². The molecule has 0 aromatic rings. The molecule has 1 rings (SSSR count). The predicted octanol–water partition coefficient (Wildman–Crippen LogP) is 3.13. The average molecular weight is 201 g/mol. The maximum Gasteiger partial charge on any atom is 0.281 e. The van der Waals surface area contributed by atoms with Crippen LogP contribution in [0.2, 0.25) is 0 Å². The second kappa shape index (κ2) is 6.30. The SMILES string of the molecule is CCCSC(=O)N1CCCCCC1. The number of likely N-dealkylation sites (tertiary alicyclic amines) is 1. The van der Waals surface area contributed by atoms with E-state index in [0.717, 1.165) is 25.3 Å². The molecule has 0 bridgehead atoms. The minimum atomic E-state index is 0.295. The third-order valence-corrected chi connectivity index (χ3v) is 3.41. The van der Waals surface area contributed by atoms with Gasteiger partial charge in [0.15, 0.2) is 0 Å². The van der Waals surface area contributed by atoms with Crippen molar-refractivity contribution in [2.24, 2.45) is 0 Å². The van der Waals surface area contributed by atoms with Gasteiger partial charge in [0.05, 0.1) is 0 Å². The van der Waals surface area contributed by atoms with Gasteiger partial charge in [0.25, 0.3) is 5.24 Å². The second-order valence-electron chi connectivity index (χ2n) is 3.52. The number of carbonyl (C=O) groups excluding carboxylic acids is 1. The molecular weight excluding hydrogens is 182 g/mol. The van der Waals surface area contributed by atoms with Crippen molar-refractivity contribution in [3.63, 3.8) is 0 Å². The summed E-state index contributed by atoms with van der Waals surface area (Å²) in [4.78, 5) is 13.6. The lowest BCUT2D eigenvalue weighted by Crippen LogP contribution is -2.28. The van der Waals surface area contributed by atoms with Crippen molar-refractivity contribution < 1.29 is 4.79 Å². The van der Waals surface area contributed by atoms with E-state index >= 15 is 0 Å². The van der Waals surface area contributed by atoms with Gasteiger partial charge in [-0.1, -0.05) is 31.5 Å². The molecule has 0 unspecified atom stereocenters. The Morgan fingerprint density at radius 1 is 1.23 bits per heavy atom. The molecular formula is C10H19NOS. The first-order valence-electron chi connectivity index (χ1n) is 5.26. The third kappa shape index (κ3) is 4.03. The molecule has 1 aliphatic rings. The molecule has 0 radical (unpaired) electrons. The summed E-state index contributed by atoms with van der Waals surface area (Å²) in [6.07, 6.45) is 6.06. The Bertz CT molecular complexity index is 153. The van der Waals surface area contributed by atoms with Gasteiger partial charge in [0.2, 0.25) is 0 Å². The number of hydrogen-bond acceptors (Lipinski definition) is 2. The van der Waals surface area contributed by atoms with Crippen LogP contribution in [-0.4, -0.2) is 29.0 Å². The number of amides is 1. The first-order valence-corrected chi connectivity index (χ1v) is 6.25. The van der Waals surface area contributed by atoms with E-state index in [1.165, 1.54) is 37.4 Å². The van der Waals surface area contributed by atoms with Crippen molar-refractivity contribution in [1.82, 2.24) is 4.90 Å². The van der Waals surface area contributed by atoms with Crippen LogP contribution in [0.15, 0.2) is 0 Å². The van der Waals surface area contributed by atoms with E-state index in [2.05, 4.69) is 6.92 Å². The van der Waals surface area contributed by atoms with Crippen molar-refractivity contribution in [3.8, 4) is 0 Å². The molecule has 1 fully saturated rings. The van der Waals surface area contributed by atoms with Crippen LogP contribution in [-0.2, 0) is 0 Å². The van der Waals surface area contributed by atoms with E-state index in [1.54, 1.807) is 0 Å². The number of rotatable bonds is 2. The molecule has 1 heterocycles. The minimum Gasteiger partial charge on any atom is -0.334 e. The monoisotopic (exact) mass is 201 g/mol. The van der Waals surface area contributed by atoms with E-state index in [9.17, 15) is 4.79 Å². The summed E-state index contributed by atoms with van der Waals surface area (Å²) in [7, 11) is 0. The Morgan fingerprint density at radius 3 is 2.38 bits per heavy atom. The molecule has 1 saturated heterocycles. The zero-order chi connectivity index (χ0) is 9.52. The highest BCUT2D eigenvalue weighted by Gasteiger charge is 2.14. The van der Waals surface area contributed by atoms with Crippen molar-refractivity contribution in [1.29, 1.82) is 0 Å². The third-order valence-electron chi connectivity index (χ3n) is 2.29. The van der Waals surface area contributed by atoms with E-state index < -0.39 is 0 Å². The fourth-order valence-corrected chi connectivity index (χ4v) is 2.28. The highest BCUT2D eigenvalue weighted by Crippen LogP contribution is 2.15. The molecule has 76 valence electrons. The largest absolute Gasteiger partial charge is 0.334 e. The Balaban J connectivity index is 2.26. The predicted molar refractivity (Wildman–Crippen MR) is 58.2 cm³/mol. The lowest BCUT2D eigenvalue weighted by Gasteiger charge is -2.19. The summed E-state index contributed by atoms with van der Waals surface area (Å²) in [6, 6.07) is 0. The minimum absolute atomic E-state index is 0.295. The fourth-order valence-electron chi connectivity index (χ4n) is 1.53. The van der Waals surface area contributed by atoms with Gasteiger partial charge < -0.3 is 4.90 Å². The van der Waals surface area contributed by atoms with E-state index in [4.69, 9.17) is 0 Å². The molecule has 2 nitrogen and oxygen atoms in total. The van der Waals surface area contributed by atoms with E-state index in [-0.39, 0.29) is 0 Å². The van der Waals surface area contributed by atoms with Crippen LogP contribution in [0.5, 0.6) is 0 Å². The van der Waals surface area contributed by atoms with Gasteiger partial charge in [-0.3, -0.25) is 4.79 Å². The maximum atomic E-state index is 11.6. The van der Waals surface area contributed by atoms with Crippen LogP contribution in [0.1, 0.15) is 39.0 Å². The standard InChI is InChI=1S/C10H19NOS/c1-2-9-13-10(12)11-7-5-3-4-6-8-11/h2-9H2,1H3. The molecule has 0 aliphatic carbocycles. The summed E-state index contributed by atoms with van der Waals surface area (Å²) < 4.78 is 0. The molecule has 0 aromatic heterocycles. The van der Waals surface area contributed by atoms with Crippen LogP contribution >= 0.6 is 11.8 Å². The zero-order valence-electron chi connectivity index (χ0n) is 8.42. The van der Waals surface area contributed by atoms with Crippen LogP contribution in [0.25, 0.3) is 0 Å². The highest BCUT2D eigenvalue weighted by atomic mass is 32.2. The Hall–Kier alpha value is -0.180. The van der Waals surface area contributed by atoms with Gasteiger partial charge in [0, 0.05) is 18.8 Å². The van der Waals surface area contributed by atoms with Gasteiger partial charge >= 0.3 is 0 Å². The normalized spacial score (nSPS) is 18.4. The number of nitrogens with zero attached hydrogens (tertiary/aromatic N) is 1. The van der Waals surface area contributed by atoms with E-state index in [0.29, 0.717) is 5.24 Å². The topological polar surface area (TPSA) is 20.3 Å². The molecule has 0 saturated carbocycles. The number of carbonyl (C=O) groups is 1. The van der Waals surface area contributed by atoms with Crippen LogP contribution in [0.4, 0.5) is 4.79 Å². The summed E-state index contributed by atoms with van der Waals surface area (Å²) >= 11 is 1.48. The first-order chi connectivity index (χ1) is 6.34. The van der Waals surface area contributed by atoms with Crippen LogP contribution in [0.3, 0.4) is 0 Å². The summed E-state index contributed by atoms with van der Waals surface area (Å²) in [6.45, 7) is 4.08. The average Bonchev–Trinajstić information content (AvgIpc) is 2.42. The molecule has 0 aromatic carbocycles. The fraction of sp³-hybridized carbons (Fsp3) is 0.900. The first kappa shape index (κ1) is 10.9. The molecule has 0 spiro atoms. The molecule has 3 heteroatoms. The Labute approximate surface area is 85.1 Å². The summed E-state index contributed by atoms with van der Waals surface area (Å²) in [5, 5.41) is 0.295. The van der Waals surface area contributed by atoms with Gasteiger partial charge in [-0.25, -0.2) is 0 Å². The molecule has 0 atom stereocenters. The molecule has 13 heavy (non-hydrogen) atoms. The van der Waals surface area contributed by atoms with Gasteiger partial charge in [-0.05, 0) is 19.3 Å². The summed E-state index contributed by atoms with van der Waals surface area (Å²) in [5.74, 6) is 0.968. The molecule has 1 aliphatic heterocycles. The second-order valence-corrected chi connectivity index (χ2v) is 4.56. The molecule has 0 N–H and O–H groups in total. The summed E-state index contributed by atoms with van der Waals surface area (Å²) in [5.41, 5.74) is 0. The van der Waals surface area contributed by atoms with Crippen molar-refractivity contribution in [2.75, 3.05) is 18.8 Å². The Kier molecular flexibility index (Phi) is 5.28. The Morgan fingerprint density at radius 2 is 1.85 bits per heavy atom.